The van der Waals surface area contributed by atoms with Gasteiger partial charge in [0, 0.05) is 5.39 Å². The minimum absolute atomic E-state index is 0.0864. The Labute approximate surface area is 220 Å². The van der Waals surface area contributed by atoms with E-state index in [0.29, 0.717) is 29.8 Å². The van der Waals surface area contributed by atoms with Crippen molar-refractivity contribution in [3.05, 3.63) is 84.3 Å². The summed E-state index contributed by atoms with van der Waals surface area (Å²) in [5.41, 5.74) is 2.09. The van der Waals surface area contributed by atoms with E-state index in [-0.39, 0.29) is 10.7 Å². The zero-order valence-corrected chi connectivity index (χ0v) is 22.3. The van der Waals surface area contributed by atoms with Gasteiger partial charge in [0.25, 0.3) is 0 Å². The highest BCUT2D eigenvalue weighted by Gasteiger charge is 2.38. The third-order valence-corrected chi connectivity index (χ3v) is 9.91. The molecule has 2 N–H and O–H groups in total. The van der Waals surface area contributed by atoms with E-state index >= 15 is 0 Å². The van der Waals surface area contributed by atoms with E-state index in [4.69, 9.17) is 4.74 Å². The van der Waals surface area contributed by atoms with E-state index < -0.39 is 37.4 Å². The van der Waals surface area contributed by atoms with Crippen LogP contribution in [0.4, 0.5) is 4.39 Å². The molecule has 3 aromatic carbocycles. The number of fused-ring (bicyclic) bond motifs is 1. The van der Waals surface area contributed by atoms with Crippen LogP contribution in [-0.2, 0) is 20.0 Å². The zero-order chi connectivity index (χ0) is 27.1. The van der Waals surface area contributed by atoms with Crippen molar-refractivity contribution in [3.63, 3.8) is 0 Å². The average molecular weight is 559 g/mol. The van der Waals surface area contributed by atoms with Crippen LogP contribution in [0.3, 0.4) is 0 Å². The molecule has 38 heavy (non-hydrogen) atoms. The molecule has 0 spiro atoms. The number of benzene rings is 3. The molecule has 1 heterocycles. The third-order valence-electron chi connectivity index (χ3n) is 6.43. The number of hydrogen-bond acceptors (Lipinski definition) is 6. The van der Waals surface area contributed by atoms with Crippen molar-refractivity contribution in [2.24, 2.45) is 0 Å². The Hall–Kier alpha value is -3.32. The molecule has 1 aliphatic rings. The summed E-state index contributed by atoms with van der Waals surface area (Å²) in [7, 11) is -5.81. The van der Waals surface area contributed by atoms with E-state index in [0.717, 1.165) is 10.9 Å². The van der Waals surface area contributed by atoms with Gasteiger partial charge in [0.1, 0.15) is 17.7 Å². The number of sulfonamides is 2. The molecule has 12 heteroatoms. The number of halogens is 1. The third kappa shape index (κ3) is 5.44. The summed E-state index contributed by atoms with van der Waals surface area (Å²) in [5, 5.41) is 4.78. The molecule has 0 amide bonds. The van der Waals surface area contributed by atoms with Crippen molar-refractivity contribution in [1.29, 1.82) is 0 Å². The molecule has 4 aromatic rings. The highest BCUT2D eigenvalue weighted by molar-refractivity contribution is 7.90. The van der Waals surface area contributed by atoms with Gasteiger partial charge in [0.2, 0.25) is 20.0 Å². The summed E-state index contributed by atoms with van der Waals surface area (Å²) in [6, 6.07) is 16.8. The molecule has 0 bridgehead atoms. The minimum Gasteiger partial charge on any atom is -0.484 e. The smallest absolute Gasteiger partial charge is 0.240 e. The second-order valence-corrected chi connectivity index (χ2v) is 13.1. The fourth-order valence-corrected chi connectivity index (χ4v) is 6.55. The fourth-order valence-electron chi connectivity index (χ4n) is 4.23. The van der Waals surface area contributed by atoms with Crippen molar-refractivity contribution in [1.82, 2.24) is 19.2 Å². The second kappa shape index (κ2) is 10.1. The summed E-state index contributed by atoms with van der Waals surface area (Å²) in [4.78, 5) is 0.0864. The van der Waals surface area contributed by atoms with Crippen LogP contribution in [0, 0.1) is 5.82 Å². The van der Waals surface area contributed by atoms with Gasteiger partial charge in [-0.2, -0.15) is 5.10 Å². The first-order valence-corrected chi connectivity index (χ1v) is 15.1. The molecule has 200 valence electrons. The van der Waals surface area contributed by atoms with Crippen LogP contribution in [0.5, 0.6) is 5.75 Å². The molecule has 1 aliphatic carbocycles. The van der Waals surface area contributed by atoms with Gasteiger partial charge < -0.3 is 4.74 Å². The van der Waals surface area contributed by atoms with E-state index in [1.54, 1.807) is 54.2 Å². The molecular weight excluding hydrogens is 531 g/mol. The van der Waals surface area contributed by atoms with Crippen LogP contribution < -0.4 is 14.2 Å². The second-order valence-electron chi connectivity index (χ2n) is 9.22. The highest BCUT2D eigenvalue weighted by Crippen LogP contribution is 2.32. The molecule has 1 fully saturated rings. The van der Waals surface area contributed by atoms with Crippen LogP contribution in [0.1, 0.15) is 31.4 Å². The summed E-state index contributed by atoms with van der Waals surface area (Å²) in [5.74, 6) is 0.139. The Morgan fingerprint density at radius 2 is 1.68 bits per heavy atom. The topological polar surface area (TPSA) is 119 Å². The maximum Gasteiger partial charge on any atom is 0.240 e. The van der Waals surface area contributed by atoms with Gasteiger partial charge in [-0.3, -0.25) is 0 Å². The quantitative estimate of drug-likeness (QED) is 0.307. The molecule has 1 aromatic heterocycles. The fraction of sp³-hybridized carbons (Fsp3) is 0.269. The van der Waals surface area contributed by atoms with Crippen LogP contribution >= 0.6 is 0 Å². The number of hydrogen-bond donors (Lipinski definition) is 2. The number of aromatic nitrogens is 2. The summed E-state index contributed by atoms with van der Waals surface area (Å²) < 4.78 is 76.0. The van der Waals surface area contributed by atoms with Crippen molar-refractivity contribution in [2.45, 2.75) is 42.1 Å². The van der Waals surface area contributed by atoms with E-state index in [1.807, 2.05) is 6.07 Å². The van der Waals surface area contributed by atoms with Gasteiger partial charge in [-0.25, -0.2) is 35.4 Å². The van der Waals surface area contributed by atoms with Crippen LogP contribution in [0.25, 0.3) is 16.6 Å². The molecule has 1 saturated carbocycles. The van der Waals surface area contributed by atoms with Crippen molar-refractivity contribution in [2.75, 3.05) is 7.05 Å². The maximum atomic E-state index is 13.3. The van der Waals surface area contributed by atoms with Gasteiger partial charge >= 0.3 is 0 Å². The lowest BCUT2D eigenvalue weighted by Gasteiger charge is -2.26. The normalized spacial score (nSPS) is 15.9. The molecular formula is C26H27FN4O5S2. The average Bonchev–Trinajstić information content (AvgIpc) is 3.69. The Morgan fingerprint density at radius 3 is 2.32 bits per heavy atom. The first-order valence-electron chi connectivity index (χ1n) is 12.0. The Balaban J connectivity index is 1.46. The molecule has 5 rings (SSSR count). The SMILES string of the molecule is CNS(=O)(=O)c1ccc([C@@H](Oc2ccc3c(cnn3-c3ccc(F)cc3)c2)[C@H](C)NS(=O)(=O)C2CC2)cc1. The minimum atomic E-state index is -3.63. The summed E-state index contributed by atoms with van der Waals surface area (Å²) in [6.07, 6.45) is 2.16. The van der Waals surface area contributed by atoms with Gasteiger partial charge in [0.15, 0.2) is 0 Å². The van der Waals surface area contributed by atoms with Gasteiger partial charge in [0.05, 0.1) is 33.6 Å². The van der Waals surface area contributed by atoms with Gasteiger partial charge in [-0.05, 0) is 87.0 Å². The molecule has 0 radical (unpaired) electrons. The van der Waals surface area contributed by atoms with Crippen LogP contribution in [0.15, 0.2) is 77.8 Å². The largest absolute Gasteiger partial charge is 0.484 e. The first-order chi connectivity index (χ1) is 18.1. The van der Waals surface area contributed by atoms with Crippen molar-refractivity contribution >= 4 is 30.9 Å². The monoisotopic (exact) mass is 558 g/mol. The predicted octanol–water partition coefficient (Wildman–Crippen LogP) is 3.66. The Morgan fingerprint density at radius 1 is 1.00 bits per heavy atom. The summed E-state index contributed by atoms with van der Waals surface area (Å²) >= 11 is 0. The number of nitrogens with zero attached hydrogens (tertiary/aromatic N) is 2. The molecule has 2 atom stereocenters. The lowest BCUT2D eigenvalue weighted by molar-refractivity contribution is 0.173. The van der Waals surface area contributed by atoms with Crippen molar-refractivity contribution in [3.8, 4) is 11.4 Å². The highest BCUT2D eigenvalue weighted by atomic mass is 32.2. The lowest BCUT2D eigenvalue weighted by Crippen LogP contribution is -2.40. The predicted molar refractivity (Wildman–Crippen MR) is 142 cm³/mol. The van der Waals surface area contributed by atoms with Gasteiger partial charge in [-0.15, -0.1) is 0 Å². The molecule has 9 nitrogen and oxygen atoms in total. The van der Waals surface area contributed by atoms with E-state index in [1.165, 1.54) is 31.3 Å². The van der Waals surface area contributed by atoms with Crippen LogP contribution in [0.2, 0.25) is 0 Å². The molecule has 0 saturated heterocycles. The first kappa shape index (κ1) is 26.3. The van der Waals surface area contributed by atoms with Crippen LogP contribution in [-0.4, -0.2) is 45.0 Å². The van der Waals surface area contributed by atoms with E-state index in [9.17, 15) is 21.2 Å². The standard InChI is InChI=1S/C26H27FN4O5S2/c1-17(30-38(34,35)24-12-13-24)26(18-3-10-23(11-4-18)37(32,33)28-2)36-22-9-14-25-19(15-22)16-29-31(25)21-7-5-20(27)6-8-21/h3-11,14-17,24,26,28,30H,12-13H2,1-2H3/t17-,26-/m0/s1. The number of nitrogens with one attached hydrogen (secondary N) is 2. The molecule has 0 unspecified atom stereocenters. The van der Waals surface area contributed by atoms with E-state index in [2.05, 4.69) is 14.5 Å². The van der Waals surface area contributed by atoms with Crippen molar-refractivity contribution < 1.29 is 26.0 Å². The Kier molecular flexibility index (Phi) is 6.99. The Bertz CT molecular complexity index is 1670. The van der Waals surface area contributed by atoms with Gasteiger partial charge in [-0.1, -0.05) is 12.1 Å². The maximum absolute atomic E-state index is 13.3. The summed E-state index contributed by atoms with van der Waals surface area (Å²) in [6.45, 7) is 1.72. The molecule has 0 aliphatic heterocycles. The number of ether oxygens (including phenoxy) is 1. The lowest BCUT2D eigenvalue weighted by atomic mass is 10.0. The zero-order valence-electron chi connectivity index (χ0n) is 20.7. The number of rotatable bonds is 10.